The third-order valence-electron chi connectivity index (χ3n) is 3.75. The number of halogens is 1. The Morgan fingerprint density at radius 3 is 2.95 bits per heavy atom. The molecule has 0 bridgehead atoms. The molecule has 19 heavy (non-hydrogen) atoms. The Labute approximate surface area is 115 Å². The van der Waals surface area contributed by atoms with Gasteiger partial charge in [0.1, 0.15) is 5.82 Å². The summed E-state index contributed by atoms with van der Waals surface area (Å²) in [5, 5.41) is 4.46. The van der Waals surface area contributed by atoms with Gasteiger partial charge in [-0.05, 0) is 23.8 Å². The van der Waals surface area contributed by atoms with Gasteiger partial charge in [0.25, 0.3) is 0 Å². The molecule has 0 saturated carbocycles. The van der Waals surface area contributed by atoms with Gasteiger partial charge in [-0.25, -0.2) is 9.37 Å². The highest BCUT2D eigenvalue weighted by Gasteiger charge is 2.25. The van der Waals surface area contributed by atoms with E-state index in [1.807, 2.05) is 6.07 Å². The van der Waals surface area contributed by atoms with E-state index in [9.17, 15) is 4.39 Å². The molecule has 2 aromatic rings. The number of thiazole rings is 1. The van der Waals surface area contributed by atoms with Crippen molar-refractivity contribution >= 4 is 16.5 Å². The van der Waals surface area contributed by atoms with Gasteiger partial charge in [-0.15, -0.1) is 11.3 Å². The smallest absolute Gasteiger partial charge is 0.186 e. The molecule has 1 saturated heterocycles. The Morgan fingerprint density at radius 1 is 1.26 bits per heavy atom. The summed E-state index contributed by atoms with van der Waals surface area (Å²) in [5.41, 5.74) is 3.24. The van der Waals surface area contributed by atoms with Gasteiger partial charge >= 0.3 is 0 Å². The fourth-order valence-corrected chi connectivity index (χ4v) is 3.92. The molecule has 4 rings (SSSR count). The molecule has 1 aromatic heterocycles. The molecular weight excluding hydrogens is 261 g/mol. The van der Waals surface area contributed by atoms with E-state index in [-0.39, 0.29) is 5.82 Å². The van der Waals surface area contributed by atoms with Crippen LogP contribution < -0.4 is 10.2 Å². The third kappa shape index (κ3) is 1.84. The minimum atomic E-state index is -0.156. The second-order valence-corrected chi connectivity index (χ2v) is 6.05. The Morgan fingerprint density at radius 2 is 2.11 bits per heavy atom. The van der Waals surface area contributed by atoms with Crippen LogP contribution in [-0.4, -0.2) is 31.2 Å². The molecule has 5 heteroatoms. The highest BCUT2D eigenvalue weighted by molar-refractivity contribution is 7.16. The predicted octanol–water partition coefficient (Wildman–Crippen LogP) is 2.26. The summed E-state index contributed by atoms with van der Waals surface area (Å²) in [7, 11) is 0. The Balaban J connectivity index is 1.71. The number of anilines is 1. The summed E-state index contributed by atoms with van der Waals surface area (Å²) < 4.78 is 13.2. The number of nitrogens with one attached hydrogen (secondary N) is 1. The summed E-state index contributed by atoms with van der Waals surface area (Å²) in [6.45, 7) is 4.07. The Hall–Kier alpha value is -1.46. The lowest BCUT2D eigenvalue weighted by atomic mass is 10.1. The Kier molecular flexibility index (Phi) is 2.56. The van der Waals surface area contributed by atoms with Gasteiger partial charge in [-0.1, -0.05) is 0 Å². The van der Waals surface area contributed by atoms with Crippen LogP contribution in [0.3, 0.4) is 0 Å². The molecule has 1 N–H and O–H groups in total. The highest BCUT2D eigenvalue weighted by atomic mass is 32.1. The van der Waals surface area contributed by atoms with E-state index in [2.05, 4.69) is 10.2 Å². The molecule has 3 nitrogen and oxygen atoms in total. The number of piperazine rings is 1. The van der Waals surface area contributed by atoms with E-state index >= 15 is 0 Å². The van der Waals surface area contributed by atoms with Crippen molar-refractivity contribution < 1.29 is 4.39 Å². The van der Waals surface area contributed by atoms with Gasteiger partial charge < -0.3 is 10.2 Å². The minimum absolute atomic E-state index is 0.156. The van der Waals surface area contributed by atoms with Crippen molar-refractivity contribution in [3.8, 4) is 11.3 Å². The molecule has 98 valence electrons. The van der Waals surface area contributed by atoms with Crippen LogP contribution in [0.25, 0.3) is 11.3 Å². The van der Waals surface area contributed by atoms with Crippen LogP contribution in [0.5, 0.6) is 0 Å². The van der Waals surface area contributed by atoms with Crippen LogP contribution in [-0.2, 0) is 6.42 Å². The maximum absolute atomic E-state index is 13.2. The van der Waals surface area contributed by atoms with Crippen LogP contribution in [0.15, 0.2) is 18.2 Å². The van der Waals surface area contributed by atoms with Gasteiger partial charge in [0.05, 0.1) is 5.69 Å². The molecule has 1 aromatic carbocycles. The number of fused-ring (bicyclic) bond motifs is 3. The van der Waals surface area contributed by atoms with Gasteiger partial charge in [0.2, 0.25) is 0 Å². The summed E-state index contributed by atoms with van der Waals surface area (Å²) in [5.74, 6) is -0.156. The van der Waals surface area contributed by atoms with E-state index in [1.165, 1.54) is 10.9 Å². The summed E-state index contributed by atoms with van der Waals surface area (Å²) in [6.07, 6.45) is 0.826. The molecular formula is C14H14FN3S. The van der Waals surface area contributed by atoms with Crippen molar-refractivity contribution in [2.75, 3.05) is 31.1 Å². The molecule has 0 unspecified atom stereocenters. The summed E-state index contributed by atoms with van der Waals surface area (Å²) in [4.78, 5) is 8.39. The van der Waals surface area contributed by atoms with Gasteiger partial charge in [0, 0.05) is 43.0 Å². The minimum Gasteiger partial charge on any atom is -0.346 e. The van der Waals surface area contributed by atoms with Crippen molar-refractivity contribution in [3.63, 3.8) is 0 Å². The lowest BCUT2D eigenvalue weighted by Crippen LogP contribution is -2.43. The molecule has 1 aliphatic heterocycles. The van der Waals surface area contributed by atoms with Crippen molar-refractivity contribution in [2.45, 2.75) is 6.42 Å². The van der Waals surface area contributed by atoms with Crippen molar-refractivity contribution in [2.24, 2.45) is 0 Å². The fourth-order valence-electron chi connectivity index (χ4n) is 2.77. The molecule has 1 fully saturated rings. The molecule has 0 spiro atoms. The van der Waals surface area contributed by atoms with Crippen molar-refractivity contribution in [3.05, 3.63) is 34.5 Å². The monoisotopic (exact) mass is 275 g/mol. The first-order valence-corrected chi connectivity index (χ1v) is 7.37. The second kappa shape index (κ2) is 4.28. The van der Waals surface area contributed by atoms with E-state index in [0.29, 0.717) is 0 Å². The van der Waals surface area contributed by atoms with Crippen LogP contribution in [0.1, 0.15) is 10.4 Å². The van der Waals surface area contributed by atoms with Crippen LogP contribution in [0.4, 0.5) is 9.52 Å². The van der Waals surface area contributed by atoms with E-state index < -0.39 is 0 Å². The Bertz CT molecular complexity index is 632. The van der Waals surface area contributed by atoms with E-state index in [4.69, 9.17) is 4.98 Å². The standard InChI is InChI=1S/C14H14FN3S/c15-10-1-2-11-9(7-10)8-12-13(11)17-14(19-12)18-5-3-16-4-6-18/h1-2,7,16H,3-6,8H2. The van der Waals surface area contributed by atoms with Crippen molar-refractivity contribution in [1.29, 1.82) is 0 Å². The average Bonchev–Trinajstić information content (AvgIpc) is 2.96. The number of benzene rings is 1. The summed E-state index contributed by atoms with van der Waals surface area (Å²) >= 11 is 1.76. The van der Waals surface area contributed by atoms with E-state index in [1.54, 1.807) is 17.4 Å². The predicted molar refractivity (Wildman–Crippen MR) is 75.4 cm³/mol. The van der Waals surface area contributed by atoms with Crippen LogP contribution in [0.2, 0.25) is 0 Å². The number of aromatic nitrogens is 1. The topological polar surface area (TPSA) is 28.2 Å². The summed E-state index contributed by atoms with van der Waals surface area (Å²) in [6, 6.07) is 5.02. The second-order valence-electron chi connectivity index (χ2n) is 4.98. The third-order valence-corrected chi connectivity index (χ3v) is 4.86. The SMILES string of the molecule is Fc1ccc2c(c1)Cc1sc(N3CCNCC3)nc1-2. The molecule has 1 aliphatic carbocycles. The highest BCUT2D eigenvalue weighted by Crippen LogP contribution is 2.42. The maximum Gasteiger partial charge on any atom is 0.186 e. The lowest BCUT2D eigenvalue weighted by molar-refractivity contribution is 0.588. The zero-order valence-corrected chi connectivity index (χ0v) is 11.3. The molecule has 2 aliphatic rings. The molecule has 0 radical (unpaired) electrons. The quantitative estimate of drug-likeness (QED) is 0.738. The average molecular weight is 275 g/mol. The first kappa shape index (κ1) is 11.4. The van der Waals surface area contributed by atoms with Crippen molar-refractivity contribution in [1.82, 2.24) is 10.3 Å². The largest absolute Gasteiger partial charge is 0.346 e. The number of hydrogen-bond acceptors (Lipinski definition) is 4. The number of nitrogens with zero attached hydrogens (tertiary/aromatic N) is 2. The van der Waals surface area contributed by atoms with Crippen LogP contribution in [0, 0.1) is 5.82 Å². The number of rotatable bonds is 1. The lowest BCUT2D eigenvalue weighted by Gasteiger charge is -2.26. The molecule has 0 atom stereocenters. The normalized spacial score (nSPS) is 17.4. The van der Waals surface area contributed by atoms with Gasteiger partial charge in [-0.2, -0.15) is 0 Å². The van der Waals surface area contributed by atoms with Crippen LogP contribution >= 0.6 is 11.3 Å². The zero-order valence-electron chi connectivity index (χ0n) is 10.4. The fraction of sp³-hybridized carbons (Fsp3) is 0.357. The first-order chi connectivity index (χ1) is 9.31. The number of hydrogen-bond donors (Lipinski definition) is 1. The maximum atomic E-state index is 13.2. The first-order valence-electron chi connectivity index (χ1n) is 6.55. The van der Waals surface area contributed by atoms with Gasteiger partial charge in [-0.3, -0.25) is 0 Å². The molecule has 2 heterocycles. The van der Waals surface area contributed by atoms with E-state index in [0.717, 1.165) is 54.6 Å². The zero-order chi connectivity index (χ0) is 12.8. The van der Waals surface area contributed by atoms with Gasteiger partial charge in [0.15, 0.2) is 5.13 Å². The molecule has 0 amide bonds.